The lowest BCUT2D eigenvalue weighted by molar-refractivity contribution is 0.487. The van der Waals surface area contributed by atoms with Gasteiger partial charge in [0.15, 0.2) is 0 Å². The Kier molecular flexibility index (Phi) is 1.91. The normalized spacial score (nSPS) is 15.4. The fourth-order valence-corrected chi connectivity index (χ4v) is 2.74. The molecular weight excluding hydrogens is 192 g/mol. The SMILES string of the molecule is c1cc(-c2cnn3c2CCCC3)cs1. The summed E-state index contributed by atoms with van der Waals surface area (Å²) in [5.74, 6) is 0. The number of fused-ring (bicyclic) bond motifs is 1. The molecule has 0 fully saturated rings. The third-order valence-corrected chi connectivity index (χ3v) is 3.50. The van der Waals surface area contributed by atoms with Gasteiger partial charge in [0.05, 0.1) is 6.20 Å². The van der Waals surface area contributed by atoms with Gasteiger partial charge in [-0.2, -0.15) is 16.4 Å². The molecular formula is C11H12N2S. The van der Waals surface area contributed by atoms with Crippen molar-refractivity contribution in [3.8, 4) is 11.1 Å². The maximum atomic E-state index is 4.43. The summed E-state index contributed by atoms with van der Waals surface area (Å²) in [6.45, 7) is 1.10. The van der Waals surface area contributed by atoms with Crippen molar-refractivity contribution in [3.05, 3.63) is 28.7 Å². The first-order valence-electron chi connectivity index (χ1n) is 5.02. The van der Waals surface area contributed by atoms with Crippen LogP contribution in [0.5, 0.6) is 0 Å². The van der Waals surface area contributed by atoms with Gasteiger partial charge in [-0.3, -0.25) is 4.68 Å². The molecule has 1 aliphatic heterocycles. The Morgan fingerprint density at radius 3 is 3.21 bits per heavy atom. The zero-order valence-electron chi connectivity index (χ0n) is 7.94. The Hall–Kier alpha value is -1.09. The summed E-state index contributed by atoms with van der Waals surface area (Å²) in [4.78, 5) is 0. The quantitative estimate of drug-likeness (QED) is 0.698. The van der Waals surface area contributed by atoms with Gasteiger partial charge >= 0.3 is 0 Å². The molecule has 0 saturated carbocycles. The average molecular weight is 204 g/mol. The van der Waals surface area contributed by atoms with E-state index in [4.69, 9.17) is 0 Å². The van der Waals surface area contributed by atoms with E-state index in [1.165, 1.54) is 36.1 Å². The number of nitrogens with zero attached hydrogens (tertiary/aromatic N) is 2. The third-order valence-electron chi connectivity index (χ3n) is 2.81. The number of aryl methyl sites for hydroxylation is 1. The fraction of sp³-hybridized carbons (Fsp3) is 0.364. The van der Waals surface area contributed by atoms with Crippen LogP contribution in [0.1, 0.15) is 18.5 Å². The Morgan fingerprint density at radius 1 is 1.36 bits per heavy atom. The van der Waals surface area contributed by atoms with E-state index in [0.29, 0.717) is 0 Å². The van der Waals surface area contributed by atoms with Gasteiger partial charge in [0, 0.05) is 17.8 Å². The first kappa shape index (κ1) is 8.24. The van der Waals surface area contributed by atoms with Crippen molar-refractivity contribution in [1.29, 1.82) is 0 Å². The molecule has 14 heavy (non-hydrogen) atoms. The minimum absolute atomic E-state index is 1.10. The maximum Gasteiger partial charge on any atom is 0.0571 e. The first-order valence-corrected chi connectivity index (χ1v) is 5.97. The van der Waals surface area contributed by atoms with Crippen LogP contribution < -0.4 is 0 Å². The first-order chi connectivity index (χ1) is 6.95. The second kappa shape index (κ2) is 3.24. The topological polar surface area (TPSA) is 17.8 Å². The van der Waals surface area contributed by atoms with E-state index in [1.807, 2.05) is 6.20 Å². The molecule has 72 valence electrons. The van der Waals surface area contributed by atoms with Gasteiger partial charge in [-0.1, -0.05) is 0 Å². The van der Waals surface area contributed by atoms with Gasteiger partial charge in [-0.05, 0) is 41.7 Å². The predicted octanol–water partition coefficient (Wildman–Crippen LogP) is 2.95. The minimum Gasteiger partial charge on any atom is -0.269 e. The lowest BCUT2D eigenvalue weighted by atomic mass is 10.0. The highest BCUT2D eigenvalue weighted by Crippen LogP contribution is 2.28. The fourth-order valence-electron chi connectivity index (χ4n) is 2.08. The molecule has 0 spiro atoms. The number of aromatic nitrogens is 2. The summed E-state index contributed by atoms with van der Waals surface area (Å²) in [5, 5.41) is 8.76. The van der Waals surface area contributed by atoms with E-state index in [-0.39, 0.29) is 0 Å². The lowest BCUT2D eigenvalue weighted by Crippen LogP contribution is -2.11. The summed E-state index contributed by atoms with van der Waals surface area (Å²) in [6, 6.07) is 2.18. The summed E-state index contributed by atoms with van der Waals surface area (Å²) in [7, 11) is 0. The Morgan fingerprint density at radius 2 is 2.36 bits per heavy atom. The van der Waals surface area contributed by atoms with E-state index in [1.54, 1.807) is 11.3 Å². The van der Waals surface area contributed by atoms with Crippen LogP contribution in [0.15, 0.2) is 23.0 Å². The highest BCUT2D eigenvalue weighted by molar-refractivity contribution is 7.08. The van der Waals surface area contributed by atoms with Crippen molar-refractivity contribution in [1.82, 2.24) is 9.78 Å². The predicted molar refractivity (Wildman–Crippen MR) is 58.5 cm³/mol. The zero-order valence-corrected chi connectivity index (χ0v) is 8.76. The Labute approximate surface area is 87.2 Å². The van der Waals surface area contributed by atoms with Crippen molar-refractivity contribution in [2.75, 3.05) is 0 Å². The molecule has 0 atom stereocenters. The molecule has 0 radical (unpaired) electrons. The van der Waals surface area contributed by atoms with E-state index < -0.39 is 0 Å². The van der Waals surface area contributed by atoms with Crippen LogP contribution in [0, 0.1) is 0 Å². The van der Waals surface area contributed by atoms with Gasteiger partial charge in [0.1, 0.15) is 0 Å². The molecule has 0 N–H and O–H groups in total. The molecule has 0 saturated heterocycles. The summed E-state index contributed by atoms with van der Waals surface area (Å²) in [5.41, 5.74) is 4.10. The molecule has 3 heterocycles. The number of hydrogen-bond acceptors (Lipinski definition) is 2. The molecule has 3 heteroatoms. The van der Waals surface area contributed by atoms with Crippen molar-refractivity contribution in [2.24, 2.45) is 0 Å². The molecule has 0 aliphatic carbocycles. The van der Waals surface area contributed by atoms with Gasteiger partial charge in [-0.25, -0.2) is 0 Å². The monoisotopic (exact) mass is 204 g/mol. The molecule has 1 aliphatic rings. The van der Waals surface area contributed by atoms with Crippen LogP contribution in [-0.2, 0) is 13.0 Å². The molecule has 2 nitrogen and oxygen atoms in total. The summed E-state index contributed by atoms with van der Waals surface area (Å²) >= 11 is 1.75. The second-order valence-corrected chi connectivity index (χ2v) is 4.48. The highest BCUT2D eigenvalue weighted by atomic mass is 32.1. The molecule has 3 rings (SSSR count). The van der Waals surface area contributed by atoms with Gasteiger partial charge in [-0.15, -0.1) is 0 Å². The zero-order chi connectivity index (χ0) is 9.38. The van der Waals surface area contributed by atoms with E-state index >= 15 is 0 Å². The summed E-state index contributed by atoms with van der Waals surface area (Å²) < 4.78 is 2.16. The van der Waals surface area contributed by atoms with E-state index in [9.17, 15) is 0 Å². The van der Waals surface area contributed by atoms with Crippen LogP contribution >= 0.6 is 11.3 Å². The smallest absolute Gasteiger partial charge is 0.0571 e. The van der Waals surface area contributed by atoms with Gasteiger partial charge < -0.3 is 0 Å². The van der Waals surface area contributed by atoms with Crippen LogP contribution in [0.25, 0.3) is 11.1 Å². The van der Waals surface area contributed by atoms with Crippen molar-refractivity contribution in [2.45, 2.75) is 25.8 Å². The Balaban J connectivity index is 2.11. The largest absolute Gasteiger partial charge is 0.269 e. The van der Waals surface area contributed by atoms with Gasteiger partial charge in [0.2, 0.25) is 0 Å². The standard InChI is InChI=1S/C11H12N2S/c1-2-5-13-11(3-1)10(7-12-13)9-4-6-14-8-9/h4,6-8H,1-3,5H2. The molecule has 0 unspecified atom stereocenters. The van der Waals surface area contributed by atoms with Crippen molar-refractivity contribution < 1.29 is 0 Å². The second-order valence-electron chi connectivity index (χ2n) is 3.70. The average Bonchev–Trinajstić information content (AvgIpc) is 2.85. The van der Waals surface area contributed by atoms with Crippen LogP contribution in [0.3, 0.4) is 0 Å². The maximum absolute atomic E-state index is 4.43. The lowest BCUT2D eigenvalue weighted by Gasteiger charge is -2.14. The number of thiophene rings is 1. The molecule has 2 aromatic heterocycles. The van der Waals surface area contributed by atoms with Crippen molar-refractivity contribution >= 4 is 11.3 Å². The number of rotatable bonds is 1. The van der Waals surface area contributed by atoms with E-state index in [2.05, 4.69) is 26.6 Å². The molecule has 0 amide bonds. The number of hydrogen-bond donors (Lipinski definition) is 0. The molecule has 0 aromatic carbocycles. The van der Waals surface area contributed by atoms with E-state index in [0.717, 1.165) is 6.54 Å². The third kappa shape index (κ3) is 1.20. The van der Waals surface area contributed by atoms with Crippen molar-refractivity contribution in [3.63, 3.8) is 0 Å². The van der Waals surface area contributed by atoms with Crippen LogP contribution in [-0.4, -0.2) is 9.78 Å². The van der Waals surface area contributed by atoms with Crippen LogP contribution in [0.2, 0.25) is 0 Å². The highest BCUT2D eigenvalue weighted by Gasteiger charge is 2.15. The van der Waals surface area contributed by atoms with Gasteiger partial charge in [0.25, 0.3) is 0 Å². The summed E-state index contributed by atoms with van der Waals surface area (Å²) in [6.07, 6.45) is 5.79. The minimum atomic E-state index is 1.10. The Bertz CT molecular complexity index is 428. The molecule has 2 aromatic rings. The van der Waals surface area contributed by atoms with Crippen LogP contribution in [0.4, 0.5) is 0 Å². The molecule has 0 bridgehead atoms.